The maximum absolute atomic E-state index is 13.7. The van der Waals surface area contributed by atoms with E-state index in [1.807, 2.05) is 13.8 Å². The van der Waals surface area contributed by atoms with Gasteiger partial charge in [0, 0.05) is 12.6 Å². The van der Waals surface area contributed by atoms with Crippen LogP contribution in [0.3, 0.4) is 0 Å². The number of oxazole rings is 1. The predicted molar refractivity (Wildman–Crippen MR) is 67.3 cm³/mol. The molecule has 0 amide bonds. The minimum absolute atomic E-state index is 0.243. The zero-order valence-corrected chi connectivity index (χ0v) is 10.6. The van der Waals surface area contributed by atoms with Crippen molar-refractivity contribution < 1.29 is 13.5 Å². The van der Waals surface area contributed by atoms with E-state index in [-0.39, 0.29) is 5.75 Å². The fourth-order valence-corrected chi connectivity index (χ4v) is 1.69. The monoisotopic (exact) mass is 250 g/mol. The van der Waals surface area contributed by atoms with Gasteiger partial charge in [-0.1, -0.05) is 0 Å². The first-order valence-corrected chi connectivity index (χ1v) is 5.73. The number of anilines is 1. The molecule has 0 bridgehead atoms. The van der Waals surface area contributed by atoms with Gasteiger partial charge in [-0.2, -0.15) is 4.98 Å². The number of aryl methyl sites for hydroxylation is 1. The zero-order valence-electron chi connectivity index (χ0n) is 10.6. The molecular formula is C13H15FN2O2. The summed E-state index contributed by atoms with van der Waals surface area (Å²) in [4.78, 5) is 4.16. The lowest BCUT2D eigenvalue weighted by molar-refractivity contribution is 0.321. The van der Waals surface area contributed by atoms with Crippen LogP contribution in [0.5, 0.6) is 5.75 Å². The second-order valence-electron chi connectivity index (χ2n) is 3.76. The molecule has 0 unspecified atom stereocenters. The Kier molecular flexibility index (Phi) is 3.50. The molecule has 2 aromatic rings. The van der Waals surface area contributed by atoms with Gasteiger partial charge in [0.25, 0.3) is 6.01 Å². The van der Waals surface area contributed by atoms with Crippen molar-refractivity contribution in [3.05, 3.63) is 29.7 Å². The molecule has 0 radical (unpaired) electrons. The third kappa shape index (κ3) is 2.30. The summed E-state index contributed by atoms with van der Waals surface area (Å²) in [6.07, 6.45) is 0. The third-order valence-electron chi connectivity index (χ3n) is 2.50. The lowest BCUT2D eigenvalue weighted by atomic mass is 10.1. The van der Waals surface area contributed by atoms with Gasteiger partial charge in [-0.25, -0.2) is 4.39 Å². The number of benzene rings is 1. The Morgan fingerprint density at radius 1 is 1.44 bits per heavy atom. The molecule has 0 atom stereocenters. The van der Waals surface area contributed by atoms with Crippen LogP contribution >= 0.6 is 0 Å². The van der Waals surface area contributed by atoms with Gasteiger partial charge < -0.3 is 14.5 Å². The Balaban J connectivity index is 2.38. The highest BCUT2D eigenvalue weighted by molar-refractivity contribution is 5.62. The van der Waals surface area contributed by atoms with E-state index in [0.29, 0.717) is 29.6 Å². The number of halogens is 1. The summed E-state index contributed by atoms with van der Waals surface area (Å²) < 4.78 is 24.4. The van der Waals surface area contributed by atoms with Crippen molar-refractivity contribution in [1.82, 2.24) is 4.98 Å². The Hall–Kier alpha value is -2.04. The van der Waals surface area contributed by atoms with Gasteiger partial charge in [0.15, 0.2) is 17.3 Å². The largest absolute Gasteiger partial charge is 0.491 e. The standard InChI is InChI=1S/C13H15FN2O2/c1-4-17-11-6-5-9(7-10(11)14)12-8(2)16-13(15-3)18-12/h5-7H,4H2,1-3H3,(H,15,16). The summed E-state index contributed by atoms with van der Waals surface area (Å²) in [6.45, 7) is 4.06. The summed E-state index contributed by atoms with van der Waals surface area (Å²) in [5, 5.41) is 2.81. The lowest BCUT2D eigenvalue weighted by Crippen LogP contribution is -1.94. The average Bonchev–Trinajstić information content (AvgIpc) is 2.73. The Morgan fingerprint density at radius 2 is 2.22 bits per heavy atom. The maximum atomic E-state index is 13.7. The fraction of sp³-hybridized carbons (Fsp3) is 0.308. The number of aromatic nitrogens is 1. The first-order chi connectivity index (χ1) is 8.65. The Bertz CT molecular complexity index is 552. The summed E-state index contributed by atoms with van der Waals surface area (Å²) in [7, 11) is 1.72. The van der Waals surface area contributed by atoms with Gasteiger partial charge in [-0.15, -0.1) is 0 Å². The van der Waals surface area contributed by atoms with Gasteiger partial charge in [-0.05, 0) is 32.0 Å². The molecule has 1 aromatic carbocycles. The second-order valence-corrected chi connectivity index (χ2v) is 3.76. The van der Waals surface area contributed by atoms with Crippen LogP contribution in [0.1, 0.15) is 12.6 Å². The third-order valence-corrected chi connectivity index (χ3v) is 2.50. The quantitative estimate of drug-likeness (QED) is 0.905. The average molecular weight is 250 g/mol. The molecule has 0 aliphatic heterocycles. The molecule has 1 N–H and O–H groups in total. The van der Waals surface area contributed by atoms with Crippen LogP contribution < -0.4 is 10.1 Å². The van der Waals surface area contributed by atoms with E-state index >= 15 is 0 Å². The van der Waals surface area contributed by atoms with Crippen molar-refractivity contribution in [2.75, 3.05) is 19.0 Å². The molecule has 1 aromatic heterocycles. The Morgan fingerprint density at radius 3 is 2.78 bits per heavy atom. The number of nitrogens with zero attached hydrogens (tertiary/aromatic N) is 1. The van der Waals surface area contributed by atoms with Crippen LogP contribution in [0.15, 0.2) is 22.6 Å². The summed E-state index contributed by atoms with van der Waals surface area (Å²) in [5.74, 6) is 0.393. The van der Waals surface area contributed by atoms with Crippen LogP contribution in [0, 0.1) is 12.7 Å². The summed E-state index contributed by atoms with van der Waals surface area (Å²) >= 11 is 0. The van der Waals surface area contributed by atoms with Crippen LogP contribution in [-0.2, 0) is 0 Å². The maximum Gasteiger partial charge on any atom is 0.295 e. The van der Waals surface area contributed by atoms with Gasteiger partial charge in [-0.3, -0.25) is 0 Å². The lowest BCUT2D eigenvalue weighted by Gasteiger charge is -2.05. The van der Waals surface area contributed by atoms with Gasteiger partial charge in [0.1, 0.15) is 0 Å². The number of hydrogen-bond donors (Lipinski definition) is 1. The molecule has 4 nitrogen and oxygen atoms in total. The van der Waals surface area contributed by atoms with Crippen LogP contribution in [0.2, 0.25) is 0 Å². The van der Waals surface area contributed by atoms with Gasteiger partial charge >= 0.3 is 0 Å². The van der Waals surface area contributed by atoms with E-state index in [9.17, 15) is 4.39 Å². The highest BCUT2D eigenvalue weighted by Gasteiger charge is 2.13. The molecule has 0 aliphatic carbocycles. The van der Waals surface area contributed by atoms with E-state index in [2.05, 4.69) is 10.3 Å². The topological polar surface area (TPSA) is 47.3 Å². The molecule has 0 aliphatic rings. The highest BCUT2D eigenvalue weighted by Crippen LogP contribution is 2.29. The number of nitrogens with one attached hydrogen (secondary N) is 1. The minimum Gasteiger partial charge on any atom is -0.491 e. The van der Waals surface area contributed by atoms with E-state index in [1.165, 1.54) is 6.07 Å². The molecule has 2 rings (SSSR count). The zero-order chi connectivity index (χ0) is 13.1. The van der Waals surface area contributed by atoms with E-state index < -0.39 is 5.82 Å². The van der Waals surface area contributed by atoms with Gasteiger partial charge in [0.2, 0.25) is 0 Å². The van der Waals surface area contributed by atoms with Crippen molar-refractivity contribution in [1.29, 1.82) is 0 Å². The first kappa shape index (κ1) is 12.4. The van der Waals surface area contributed by atoms with Crippen molar-refractivity contribution in [2.24, 2.45) is 0 Å². The number of ether oxygens (including phenoxy) is 1. The Labute approximate surface area is 105 Å². The van der Waals surface area contributed by atoms with Crippen molar-refractivity contribution in [3.63, 3.8) is 0 Å². The number of rotatable bonds is 4. The molecule has 0 saturated carbocycles. The molecular weight excluding hydrogens is 235 g/mol. The molecule has 0 spiro atoms. The minimum atomic E-state index is -0.406. The smallest absolute Gasteiger partial charge is 0.295 e. The van der Waals surface area contributed by atoms with Crippen LogP contribution in [0.25, 0.3) is 11.3 Å². The summed E-state index contributed by atoms with van der Waals surface area (Å²) in [6, 6.07) is 5.14. The van der Waals surface area contributed by atoms with E-state index in [4.69, 9.17) is 9.15 Å². The predicted octanol–water partition coefficient (Wildman–Crippen LogP) is 3.23. The van der Waals surface area contributed by atoms with Crippen LogP contribution in [0.4, 0.5) is 10.4 Å². The highest BCUT2D eigenvalue weighted by atomic mass is 19.1. The molecule has 96 valence electrons. The molecule has 0 saturated heterocycles. The fourth-order valence-electron chi connectivity index (χ4n) is 1.69. The number of hydrogen-bond acceptors (Lipinski definition) is 4. The normalized spacial score (nSPS) is 10.4. The van der Waals surface area contributed by atoms with Crippen LogP contribution in [-0.4, -0.2) is 18.6 Å². The summed E-state index contributed by atoms with van der Waals surface area (Å²) in [5.41, 5.74) is 1.35. The van der Waals surface area contributed by atoms with E-state index in [1.54, 1.807) is 19.2 Å². The molecule has 1 heterocycles. The van der Waals surface area contributed by atoms with Gasteiger partial charge in [0.05, 0.1) is 12.3 Å². The van der Waals surface area contributed by atoms with Crippen molar-refractivity contribution in [3.8, 4) is 17.1 Å². The van der Waals surface area contributed by atoms with E-state index in [0.717, 1.165) is 0 Å². The SMILES string of the molecule is CCOc1ccc(-c2oc(NC)nc2C)cc1F. The second kappa shape index (κ2) is 5.08. The first-order valence-electron chi connectivity index (χ1n) is 5.73. The molecule has 0 fully saturated rings. The van der Waals surface area contributed by atoms with Crippen molar-refractivity contribution in [2.45, 2.75) is 13.8 Å². The van der Waals surface area contributed by atoms with Crippen molar-refractivity contribution >= 4 is 6.01 Å². The molecule has 18 heavy (non-hydrogen) atoms. The molecule has 5 heteroatoms.